The van der Waals surface area contributed by atoms with Gasteiger partial charge in [0.1, 0.15) is 0 Å². The fourth-order valence-corrected chi connectivity index (χ4v) is 1.10. The molecule has 0 atom stereocenters. The van der Waals surface area contributed by atoms with Crippen molar-refractivity contribution >= 4 is 22.3 Å². The molecule has 0 saturated carbocycles. The van der Waals surface area contributed by atoms with Gasteiger partial charge in [0.25, 0.3) is 0 Å². The van der Waals surface area contributed by atoms with Crippen LogP contribution in [-0.4, -0.2) is 8.42 Å². The summed E-state index contributed by atoms with van der Waals surface area (Å²) >= 11 is 0. The van der Waals surface area contributed by atoms with Crippen molar-refractivity contribution in [3.8, 4) is 0 Å². The van der Waals surface area contributed by atoms with Gasteiger partial charge in [-0.15, -0.1) is 0 Å². The van der Waals surface area contributed by atoms with Gasteiger partial charge >= 0.3 is 0 Å². The summed E-state index contributed by atoms with van der Waals surface area (Å²) in [6, 6.07) is 6.66. The first kappa shape index (κ1) is 7.87. The van der Waals surface area contributed by atoms with E-state index in [4.69, 9.17) is 5.73 Å². The fraction of sp³-hybridized carbons (Fsp3) is 0. The minimum atomic E-state index is -2.62. The largest absolute Gasteiger partial charge is 0.397 e. The summed E-state index contributed by atoms with van der Waals surface area (Å²) in [5.41, 5.74) is 6.28. The van der Waals surface area contributed by atoms with Gasteiger partial charge in [-0.1, -0.05) is 12.1 Å². The highest BCUT2D eigenvalue weighted by atomic mass is 32.2. The number of hydrogen-bond donors (Lipinski definition) is 3. The lowest BCUT2D eigenvalue weighted by Crippen LogP contribution is -1.98. The first-order valence-electron chi connectivity index (χ1n) is 2.95. The highest BCUT2D eigenvalue weighted by Gasteiger charge is 1.94. The number of nitrogens with two attached hydrogens (primary N) is 1. The molecule has 0 heterocycles. The molecule has 1 aromatic carbocycles. The Morgan fingerprint density at radius 2 is 1.91 bits per heavy atom. The molecule has 0 fully saturated rings. The Morgan fingerprint density at radius 3 is 2.45 bits per heavy atom. The van der Waals surface area contributed by atoms with Gasteiger partial charge in [-0.3, -0.25) is 4.72 Å². The number of nitrogen functional groups attached to an aromatic ring is 1. The summed E-state index contributed by atoms with van der Waals surface area (Å²) in [6.07, 6.45) is 0. The van der Waals surface area contributed by atoms with Crippen LogP contribution in [0.1, 0.15) is 0 Å². The molecular weight excluding hydrogens is 164 g/mol. The van der Waals surface area contributed by atoms with E-state index in [1.807, 2.05) is 0 Å². The van der Waals surface area contributed by atoms with E-state index in [1.54, 1.807) is 24.3 Å². The van der Waals surface area contributed by atoms with Crippen LogP contribution in [0, 0.1) is 0 Å². The van der Waals surface area contributed by atoms with Crippen LogP contribution >= 0.6 is 0 Å². The molecule has 0 aliphatic heterocycles. The van der Waals surface area contributed by atoms with Crippen LogP contribution in [0.2, 0.25) is 0 Å². The van der Waals surface area contributed by atoms with E-state index in [-0.39, 0.29) is 0 Å². The molecule has 0 spiro atoms. The molecule has 11 heavy (non-hydrogen) atoms. The molecule has 60 valence electrons. The Morgan fingerprint density at radius 1 is 1.27 bits per heavy atom. The van der Waals surface area contributed by atoms with Crippen molar-refractivity contribution in [2.75, 3.05) is 10.5 Å². The molecule has 5 heteroatoms. The van der Waals surface area contributed by atoms with Crippen LogP contribution < -0.4 is 10.5 Å². The monoisotopic (exact) mass is 172 g/mol. The SMILES string of the molecule is Nc1ccccc1N[SH](=O)=O. The van der Waals surface area contributed by atoms with Crippen molar-refractivity contribution in [1.82, 2.24) is 0 Å². The second-order valence-corrected chi connectivity index (χ2v) is 2.69. The maximum absolute atomic E-state index is 10.2. The molecule has 0 aliphatic carbocycles. The molecule has 0 unspecified atom stereocenters. The van der Waals surface area contributed by atoms with Crippen LogP contribution in [0.4, 0.5) is 11.4 Å². The van der Waals surface area contributed by atoms with Crippen LogP contribution in [-0.2, 0) is 10.9 Å². The van der Waals surface area contributed by atoms with Gasteiger partial charge in [-0.25, -0.2) is 8.42 Å². The molecule has 0 saturated heterocycles. The lowest BCUT2D eigenvalue weighted by Gasteiger charge is -2.00. The Kier molecular flexibility index (Phi) is 2.32. The molecular formula is C6H8N2O2S. The third kappa shape index (κ3) is 2.12. The summed E-state index contributed by atoms with van der Waals surface area (Å²) in [5, 5.41) is 0. The van der Waals surface area contributed by atoms with Crippen LogP contribution in [0.3, 0.4) is 0 Å². The van der Waals surface area contributed by atoms with E-state index in [2.05, 4.69) is 4.72 Å². The van der Waals surface area contributed by atoms with E-state index < -0.39 is 10.9 Å². The Balaban J connectivity index is 2.94. The maximum Gasteiger partial charge on any atom is 0.222 e. The predicted octanol–water partition coefficient (Wildman–Crippen LogP) is 0.207. The van der Waals surface area contributed by atoms with Gasteiger partial charge in [-0.2, -0.15) is 0 Å². The molecule has 4 nitrogen and oxygen atoms in total. The molecule has 3 N–H and O–H groups in total. The van der Waals surface area contributed by atoms with Crippen molar-refractivity contribution < 1.29 is 8.42 Å². The molecule has 0 radical (unpaired) electrons. The number of rotatable bonds is 2. The summed E-state index contributed by atoms with van der Waals surface area (Å²) in [4.78, 5) is 0. The van der Waals surface area contributed by atoms with Gasteiger partial charge in [0, 0.05) is 0 Å². The molecule has 1 rings (SSSR count). The van der Waals surface area contributed by atoms with E-state index in [0.717, 1.165) is 0 Å². The minimum Gasteiger partial charge on any atom is -0.397 e. The Bertz CT molecular complexity index is 314. The average molecular weight is 172 g/mol. The highest BCUT2D eigenvalue weighted by Crippen LogP contribution is 2.15. The lowest BCUT2D eigenvalue weighted by atomic mass is 10.3. The van der Waals surface area contributed by atoms with Crippen LogP contribution in [0.25, 0.3) is 0 Å². The third-order valence-corrected chi connectivity index (χ3v) is 1.60. The van der Waals surface area contributed by atoms with E-state index in [0.29, 0.717) is 11.4 Å². The van der Waals surface area contributed by atoms with E-state index >= 15 is 0 Å². The summed E-state index contributed by atoms with van der Waals surface area (Å²) < 4.78 is 22.6. The zero-order valence-electron chi connectivity index (χ0n) is 5.65. The van der Waals surface area contributed by atoms with Crippen molar-refractivity contribution in [3.63, 3.8) is 0 Å². The van der Waals surface area contributed by atoms with Crippen molar-refractivity contribution in [3.05, 3.63) is 24.3 Å². The molecule has 0 amide bonds. The van der Waals surface area contributed by atoms with E-state index in [9.17, 15) is 8.42 Å². The van der Waals surface area contributed by atoms with Gasteiger partial charge < -0.3 is 5.73 Å². The quantitative estimate of drug-likeness (QED) is 0.441. The number of hydrogen-bond acceptors (Lipinski definition) is 3. The fourth-order valence-electron chi connectivity index (χ4n) is 0.697. The molecule has 0 aliphatic rings. The third-order valence-electron chi connectivity index (χ3n) is 1.17. The summed E-state index contributed by atoms with van der Waals surface area (Å²) in [6.45, 7) is 0. The Hall–Kier alpha value is -1.23. The second-order valence-electron chi connectivity index (χ2n) is 1.96. The zero-order valence-corrected chi connectivity index (χ0v) is 6.54. The number of nitrogens with one attached hydrogen (secondary N) is 1. The van der Waals surface area contributed by atoms with Gasteiger partial charge in [-0.05, 0) is 12.1 Å². The van der Waals surface area contributed by atoms with Crippen molar-refractivity contribution in [2.24, 2.45) is 0 Å². The lowest BCUT2D eigenvalue weighted by molar-refractivity contribution is 0.619. The minimum absolute atomic E-state index is 0.420. The number of para-hydroxylation sites is 2. The predicted molar refractivity (Wildman–Crippen MR) is 44.8 cm³/mol. The van der Waals surface area contributed by atoms with Gasteiger partial charge in [0.05, 0.1) is 11.4 Å². The molecule has 1 aromatic rings. The van der Waals surface area contributed by atoms with Gasteiger partial charge in [0.15, 0.2) is 0 Å². The first-order chi connectivity index (χ1) is 5.20. The van der Waals surface area contributed by atoms with Crippen molar-refractivity contribution in [1.29, 1.82) is 0 Å². The number of anilines is 2. The zero-order chi connectivity index (χ0) is 8.27. The standard InChI is InChI=1S/C6H8N2O2S/c7-5-3-1-2-4-6(5)8-11(9)10/h1-4,11H,7H2,(H,8,9,10). The first-order valence-corrected chi connectivity index (χ1v) is 4.13. The molecule has 0 bridgehead atoms. The summed E-state index contributed by atoms with van der Waals surface area (Å²) in [5.74, 6) is 0. The summed E-state index contributed by atoms with van der Waals surface area (Å²) in [7, 11) is -2.62. The second kappa shape index (κ2) is 3.25. The topological polar surface area (TPSA) is 72.2 Å². The normalized spacial score (nSPS) is 9.91. The van der Waals surface area contributed by atoms with Crippen molar-refractivity contribution in [2.45, 2.75) is 0 Å². The number of thiol groups is 1. The van der Waals surface area contributed by atoms with Crippen LogP contribution in [0.5, 0.6) is 0 Å². The number of benzene rings is 1. The maximum atomic E-state index is 10.2. The van der Waals surface area contributed by atoms with Gasteiger partial charge in [0.2, 0.25) is 10.9 Å². The van der Waals surface area contributed by atoms with E-state index in [1.165, 1.54) is 0 Å². The highest BCUT2D eigenvalue weighted by molar-refractivity contribution is 7.73. The smallest absolute Gasteiger partial charge is 0.222 e. The Labute approximate surface area is 66.1 Å². The van der Waals surface area contributed by atoms with Crippen LogP contribution in [0.15, 0.2) is 24.3 Å². The average Bonchev–Trinajstić information content (AvgIpc) is 1.93. The molecule has 0 aromatic heterocycles.